The lowest BCUT2D eigenvalue weighted by Gasteiger charge is -2.12. The Morgan fingerprint density at radius 3 is 2.84 bits per heavy atom. The summed E-state index contributed by atoms with van der Waals surface area (Å²) in [5.41, 5.74) is 7.21. The second-order valence-corrected chi connectivity index (χ2v) is 4.31. The number of ether oxygens (including phenoxy) is 1. The molecule has 0 spiro atoms. The molecule has 0 aliphatic rings. The minimum atomic E-state index is -0.255. The van der Waals surface area contributed by atoms with Crippen LogP contribution in [0.4, 0.5) is 5.69 Å². The maximum atomic E-state index is 11.3. The van der Waals surface area contributed by atoms with Crippen molar-refractivity contribution in [1.82, 2.24) is 5.32 Å². The monoisotopic (exact) mass is 264 g/mol. The van der Waals surface area contributed by atoms with Gasteiger partial charge in [-0.25, -0.2) is 0 Å². The van der Waals surface area contributed by atoms with Crippen LogP contribution >= 0.6 is 0 Å². The molecule has 0 bridgehead atoms. The molecule has 0 aromatic heterocycles. The van der Waals surface area contributed by atoms with Crippen LogP contribution in [0.5, 0.6) is 5.75 Å². The molecule has 1 aromatic rings. The number of nitrogens with one attached hydrogen (secondary N) is 1. The van der Waals surface area contributed by atoms with Crippen molar-refractivity contribution < 1.29 is 14.6 Å². The zero-order chi connectivity index (χ0) is 14.3. The highest BCUT2D eigenvalue weighted by Gasteiger charge is 2.03. The van der Waals surface area contributed by atoms with Gasteiger partial charge in [0.15, 0.2) is 0 Å². The lowest BCUT2D eigenvalue weighted by atomic mass is 10.1. The number of nitrogen functional groups attached to an aromatic ring is 1. The summed E-state index contributed by atoms with van der Waals surface area (Å²) in [6, 6.07) is 5.35. The fraction of sp³-hybridized carbons (Fsp3) is 0.357. The van der Waals surface area contributed by atoms with E-state index >= 15 is 0 Å². The summed E-state index contributed by atoms with van der Waals surface area (Å²) in [6.07, 6.45) is 3.11. The van der Waals surface area contributed by atoms with Crippen LogP contribution in [-0.2, 0) is 4.79 Å². The van der Waals surface area contributed by atoms with Crippen molar-refractivity contribution in [3.05, 3.63) is 29.8 Å². The van der Waals surface area contributed by atoms with Gasteiger partial charge >= 0.3 is 0 Å². The van der Waals surface area contributed by atoms with Crippen molar-refractivity contribution in [2.45, 2.75) is 20.0 Å². The van der Waals surface area contributed by atoms with E-state index in [9.17, 15) is 4.79 Å². The highest BCUT2D eigenvalue weighted by molar-refractivity contribution is 5.91. The van der Waals surface area contributed by atoms with Crippen LogP contribution in [0.15, 0.2) is 24.3 Å². The third kappa shape index (κ3) is 5.44. The van der Waals surface area contributed by atoms with Gasteiger partial charge in [-0.05, 0) is 37.6 Å². The van der Waals surface area contributed by atoms with Crippen molar-refractivity contribution in [1.29, 1.82) is 0 Å². The Labute approximate surface area is 113 Å². The molecule has 104 valence electrons. The van der Waals surface area contributed by atoms with E-state index in [-0.39, 0.29) is 25.2 Å². The number of carbonyl (C=O) groups excluding carboxylic acids is 1. The third-order valence-corrected chi connectivity index (χ3v) is 2.23. The summed E-state index contributed by atoms with van der Waals surface area (Å²) in [5.74, 6) is 0.381. The minimum absolute atomic E-state index is 0.0629. The van der Waals surface area contributed by atoms with E-state index in [1.165, 1.54) is 6.08 Å². The van der Waals surface area contributed by atoms with Gasteiger partial charge in [-0.3, -0.25) is 4.79 Å². The van der Waals surface area contributed by atoms with Crippen LogP contribution in [0, 0.1) is 0 Å². The number of anilines is 1. The van der Waals surface area contributed by atoms with Crippen LogP contribution in [0.3, 0.4) is 0 Å². The quantitative estimate of drug-likeness (QED) is 0.532. The molecule has 0 unspecified atom stereocenters. The highest BCUT2D eigenvalue weighted by Crippen LogP contribution is 2.24. The van der Waals surface area contributed by atoms with Crippen LogP contribution in [-0.4, -0.2) is 30.3 Å². The first-order valence-corrected chi connectivity index (χ1v) is 6.16. The summed E-state index contributed by atoms with van der Waals surface area (Å²) in [7, 11) is 0. The molecule has 0 saturated heterocycles. The van der Waals surface area contributed by atoms with E-state index in [2.05, 4.69) is 5.32 Å². The van der Waals surface area contributed by atoms with E-state index in [0.717, 1.165) is 5.56 Å². The molecule has 0 radical (unpaired) electrons. The van der Waals surface area contributed by atoms with Crippen LogP contribution in [0.2, 0.25) is 0 Å². The lowest BCUT2D eigenvalue weighted by molar-refractivity contribution is -0.116. The second kappa shape index (κ2) is 7.43. The fourth-order valence-corrected chi connectivity index (χ4v) is 1.44. The number of benzene rings is 1. The first-order valence-electron chi connectivity index (χ1n) is 6.16. The Morgan fingerprint density at radius 2 is 2.26 bits per heavy atom. The van der Waals surface area contributed by atoms with Crippen molar-refractivity contribution in [2.75, 3.05) is 18.9 Å². The van der Waals surface area contributed by atoms with E-state index in [4.69, 9.17) is 15.6 Å². The van der Waals surface area contributed by atoms with Crippen molar-refractivity contribution in [2.24, 2.45) is 0 Å². The largest absolute Gasteiger partial charge is 0.489 e. The summed E-state index contributed by atoms with van der Waals surface area (Å²) in [5, 5.41) is 11.1. The minimum Gasteiger partial charge on any atom is -0.489 e. The van der Waals surface area contributed by atoms with Gasteiger partial charge in [0, 0.05) is 12.6 Å². The van der Waals surface area contributed by atoms with E-state index < -0.39 is 0 Å². The SMILES string of the molecule is CC(C)Oc1ccc(/C=C\C(=O)NCCO)cc1N. The van der Waals surface area contributed by atoms with Gasteiger partial charge in [-0.1, -0.05) is 6.07 Å². The topological polar surface area (TPSA) is 84.6 Å². The van der Waals surface area contributed by atoms with Gasteiger partial charge in [-0.15, -0.1) is 0 Å². The molecule has 5 heteroatoms. The number of hydrogen-bond acceptors (Lipinski definition) is 4. The van der Waals surface area contributed by atoms with Gasteiger partial charge < -0.3 is 20.9 Å². The Balaban J connectivity index is 2.67. The Bertz CT molecular complexity index is 456. The smallest absolute Gasteiger partial charge is 0.244 e. The first kappa shape index (κ1) is 15.0. The molecule has 0 fully saturated rings. The fourth-order valence-electron chi connectivity index (χ4n) is 1.44. The van der Waals surface area contributed by atoms with E-state index in [1.807, 2.05) is 19.9 Å². The molecule has 5 nitrogen and oxygen atoms in total. The molecule has 0 atom stereocenters. The lowest BCUT2D eigenvalue weighted by Crippen LogP contribution is -2.24. The second-order valence-electron chi connectivity index (χ2n) is 4.31. The Morgan fingerprint density at radius 1 is 1.53 bits per heavy atom. The summed E-state index contributed by atoms with van der Waals surface area (Å²) < 4.78 is 5.52. The predicted molar refractivity (Wildman–Crippen MR) is 75.7 cm³/mol. The number of rotatable bonds is 6. The zero-order valence-electron chi connectivity index (χ0n) is 11.2. The molecular formula is C14H20N2O3. The van der Waals surface area contributed by atoms with Crippen molar-refractivity contribution in [3.63, 3.8) is 0 Å². The molecule has 0 aliphatic heterocycles. The van der Waals surface area contributed by atoms with Crippen LogP contribution in [0.25, 0.3) is 6.08 Å². The van der Waals surface area contributed by atoms with E-state index in [1.54, 1.807) is 18.2 Å². The summed E-state index contributed by atoms with van der Waals surface area (Å²) in [4.78, 5) is 11.3. The maximum absolute atomic E-state index is 11.3. The molecule has 0 saturated carbocycles. The van der Waals surface area contributed by atoms with Gasteiger partial charge in [0.1, 0.15) is 5.75 Å². The molecule has 0 aliphatic carbocycles. The predicted octanol–water partition coefficient (Wildman–Crippen LogP) is 1.18. The summed E-state index contributed by atoms with van der Waals surface area (Å²) >= 11 is 0. The van der Waals surface area contributed by atoms with E-state index in [0.29, 0.717) is 11.4 Å². The normalized spacial score (nSPS) is 10.9. The van der Waals surface area contributed by atoms with Gasteiger partial charge in [0.25, 0.3) is 0 Å². The first-order chi connectivity index (χ1) is 9.02. The number of amides is 1. The zero-order valence-corrected chi connectivity index (χ0v) is 11.2. The standard InChI is InChI=1S/C14H20N2O3/c1-10(2)19-13-5-3-11(9-12(13)15)4-6-14(18)16-7-8-17/h3-6,9-10,17H,7-8,15H2,1-2H3,(H,16,18)/b6-4-. The van der Waals surface area contributed by atoms with Gasteiger partial charge in [0.2, 0.25) is 5.91 Å². The van der Waals surface area contributed by atoms with Crippen molar-refractivity contribution >= 4 is 17.7 Å². The maximum Gasteiger partial charge on any atom is 0.244 e. The number of hydrogen-bond donors (Lipinski definition) is 3. The summed E-state index contributed by atoms with van der Waals surface area (Å²) in [6.45, 7) is 4.03. The van der Waals surface area contributed by atoms with Crippen molar-refractivity contribution in [3.8, 4) is 5.75 Å². The Kier molecular flexibility index (Phi) is 5.89. The Hall–Kier alpha value is -2.01. The highest BCUT2D eigenvalue weighted by atomic mass is 16.5. The number of carbonyl (C=O) groups is 1. The molecule has 1 amide bonds. The molecule has 19 heavy (non-hydrogen) atoms. The van der Waals surface area contributed by atoms with Gasteiger partial charge in [-0.2, -0.15) is 0 Å². The molecule has 0 heterocycles. The molecule has 4 N–H and O–H groups in total. The number of aliphatic hydroxyl groups excluding tert-OH is 1. The number of nitrogens with two attached hydrogens (primary N) is 1. The average molecular weight is 264 g/mol. The number of aliphatic hydroxyl groups is 1. The third-order valence-electron chi connectivity index (χ3n) is 2.23. The molecule has 1 rings (SSSR count). The molecule has 1 aromatic carbocycles. The van der Waals surface area contributed by atoms with Gasteiger partial charge in [0.05, 0.1) is 18.4 Å². The van der Waals surface area contributed by atoms with Crippen LogP contribution < -0.4 is 15.8 Å². The molecular weight excluding hydrogens is 244 g/mol. The average Bonchev–Trinajstić information content (AvgIpc) is 2.36. The van der Waals surface area contributed by atoms with Crippen LogP contribution in [0.1, 0.15) is 19.4 Å².